The summed E-state index contributed by atoms with van der Waals surface area (Å²) in [5.74, 6) is 0. The first-order chi connectivity index (χ1) is 29.2. The fraction of sp³-hybridized carbons (Fsp3) is 0. The molecule has 2 aromatic heterocycles. The summed E-state index contributed by atoms with van der Waals surface area (Å²) < 4.78 is 8.72. The van der Waals surface area contributed by atoms with Crippen LogP contribution in [-0.2, 0) is 0 Å². The Kier molecular flexibility index (Phi) is 7.54. The van der Waals surface area contributed by atoms with E-state index in [0.717, 1.165) is 44.7 Å². The maximum absolute atomic E-state index is 6.31. The lowest BCUT2D eigenvalue weighted by molar-refractivity contribution is 0.669. The molecule has 0 fully saturated rings. The highest BCUT2D eigenvalue weighted by Gasteiger charge is 2.19. The molecule has 0 saturated heterocycles. The van der Waals surface area contributed by atoms with E-state index in [-0.39, 0.29) is 0 Å². The SMILES string of the molecule is c1ccc(-c2ccc(N(c3ccc(-c4ccc5c(c4)c4cc6ccc7oc8ccccc8c7c6cc4n5-c4ccccc4)cc3)c3cccc4ccccc34)cc2)cc1. The van der Waals surface area contributed by atoms with E-state index in [1.165, 1.54) is 65.6 Å². The molecule has 3 heteroatoms. The minimum atomic E-state index is 0.911. The molecule has 12 aromatic rings. The van der Waals surface area contributed by atoms with Crippen LogP contribution in [-0.4, -0.2) is 4.57 Å². The van der Waals surface area contributed by atoms with Crippen LogP contribution in [0.25, 0.3) is 93.2 Å². The lowest BCUT2D eigenvalue weighted by atomic mass is 9.99. The molecule has 0 bridgehead atoms. The second-order valence-corrected chi connectivity index (χ2v) is 15.3. The normalized spacial score (nSPS) is 11.7. The minimum absolute atomic E-state index is 0.911. The van der Waals surface area contributed by atoms with Crippen molar-refractivity contribution < 1.29 is 4.42 Å². The molecule has 12 rings (SSSR count). The van der Waals surface area contributed by atoms with Gasteiger partial charge in [-0.1, -0.05) is 140 Å². The third-order valence-electron chi connectivity index (χ3n) is 12.0. The Hall–Kier alpha value is -7.88. The maximum Gasteiger partial charge on any atom is 0.136 e. The smallest absolute Gasteiger partial charge is 0.136 e. The number of hydrogen-bond donors (Lipinski definition) is 0. The number of fused-ring (bicyclic) bond motifs is 9. The van der Waals surface area contributed by atoms with Gasteiger partial charge in [-0.3, -0.25) is 0 Å². The summed E-state index contributed by atoms with van der Waals surface area (Å²) in [5.41, 5.74) is 13.4. The number of furan rings is 1. The van der Waals surface area contributed by atoms with Gasteiger partial charge >= 0.3 is 0 Å². The van der Waals surface area contributed by atoms with Crippen molar-refractivity contribution in [1.29, 1.82) is 0 Å². The highest BCUT2D eigenvalue weighted by Crippen LogP contribution is 2.43. The molecule has 0 spiro atoms. The molecule has 59 heavy (non-hydrogen) atoms. The van der Waals surface area contributed by atoms with E-state index in [0.29, 0.717) is 0 Å². The van der Waals surface area contributed by atoms with Crippen molar-refractivity contribution in [2.45, 2.75) is 0 Å². The van der Waals surface area contributed by atoms with Gasteiger partial charge in [0.1, 0.15) is 11.2 Å². The molecular formula is C56H36N2O. The number of nitrogens with zero attached hydrogens (tertiary/aromatic N) is 2. The van der Waals surface area contributed by atoms with Gasteiger partial charge in [0.05, 0.1) is 16.7 Å². The Morgan fingerprint density at radius 3 is 1.73 bits per heavy atom. The standard InChI is InChI=1S/C56H36N2O/c1-3-12-37(13-4-1)38-22-28-44(29-23-38)57(51-20-11-15-40-14-7-8-18-46(40)51)45-30-24-39(25-31-45)41-26-32-52-49(34-41)50-35-42-27-33-55-56(47-19-9-10-21-54(47)59-55)48(42)36-53(50)58(52)43-16-5-2-6-17-43/h1-36H. The highest BCUT2D eigenvalue weighted by molar-refractivity contribution is 6.23. The third-order valence-corrected chi connectivity index (χ3v) is 12.0. The number of aromatic nitrogens is 1. The summed E-state index contributed by atoms with van der Waals surface area (Å²) in [4.78, 5) is 2.38. The minimum Gasteiger partial charge on any atom is -0.456 e. The lowest BCUT2D eigenvalue weighted by Gasteiger charge is -2.27. The number of para-hydroxylation sites is 2. The van der Waals surface area contributed by atoms with Crippen LogP contribution in [0, 0.1) is 0 Å². The van der Waals surface area contributed by atoms with Crippen LogP contribution >= 0.6 is 0 Å². The molecule has 276 valence electrons. The average molecular weight is 753 g/mol. The van der Waals surface area contributed by atoms with Gasteiger partial charge in [0, 0.05) is 44.0 Å². The first kappa shape index (κ1) is 33.3. The molecule has 10 aromatic carbocycles. The summed E-state index contributed by atoms with van der Waals surface area (Å²) in [6, 6.07) is 78.7. The van der Waals surface area contributed by atoms with Crippen molar-refractivity contribution in [2.24, 2.45) is 0 Å². The van der Waals surface area contributed by atoms with E-state index in [1.54, 1.807) is 0 Å². The van der Waals surface area contributed by atoms with E-state index >= 15 is 0 Å². The zero-order chi connectivity index (χ0) is 38.9. The monoisotopic (exact) mass is 752 g/mol. The van der Waals surface area contributed by atoms with Crippen molar-refractivity contribution in [1.82, 2.24) is 4.57 Å². The Bertz CT molecular complexity index is 3520. The van der Waals surface area contributed by atoms with E-state index in [9.17, 15) is 0 Å². The molecule has 0 amide bonds. The van der Waals surface area contributed by atoms with Crippen LogP contribution in [0.3, 0.4) is 0 Å². The van der Waals surface area contributed by atoms with Gasteiger partial charge in [-0.25, -0.2) is 0 Å². The van der Waals surface area contributed by atoms with Crippen molar-refractivity contribution in [3.8, 4) is 27.9 Å². The molecule has 0 saturated carbocycles. The molecular weight excluding hydrogens is 717 g/mol. The van der Waals surface area contributed by atoms with Crippen LogP contribution in [0.5, 0.6) is 0 Å². The maximum atomic E-state index is 6.31. The molecule has 2 heterocycles. The topological polar surface area (TPSA) is 21.3 Å². The van der Waals surface area contributed by atoms with Gasteiger partial charge < -0.3 is 13.9 Å². The molecule has 0 unspecified atom stereocenters. The fourth-order valence-electron chi connectivity index (χ4n) is 9.16. The Balaban J connectivity index is 1.00. The van der Waals surface area contributed by atoms with E-state index in [2.05, 4.69) is 222 Å². The van der Waals surface area contributed by atoms with E-state index in [4.69, 9.17) is 4.42 Å². The summed E-state index contributed by atoms with van der Waals surface area (Å²) >= 11 is 0. The van der Waals surface area contributed by atoms with Crippen molar-refractivity contribution in [3.63, 3.8) is 0 Å². The number of anilines is 3. The second kappa shape index (κ2) is 13.4. The summed E-state index contributed by atoms with van der Waals surface area (Å²) in [6.07, 6.45) is 0. The number of rotatable bonds is 6. The van der Waals surface area contributed by atoms with Crippen LogP contribution in [0.4, 0.5) is 17.1 Å². The van der Waals surface area contributed by atoms with E-state index < -0.39 is 0 Å². The average Bonchev–Trinajstić information content (AvgIpc) is 3.85. The molecule has 0 N–H and O–H groups in total. The van der Waals surface area contributed by atoms with Gasteiger partial charge in [-0.05, 0) is 117 Å². The van der Waals surface area contributed by atoms with Gasteiger partial charge in [-0.15, -0.1) is 0 Å². The summed E-state index contributed by atoms with van der Waals surface area (Å²) in [7, 11) is 0. The quantitative estimate of drug-likeness (QED) is 0.169. The Morgan fingerprint density at radius 2 is 0.949 bits per heavy atom. The predicted molar refractivity (Wildman–Crippen MR) is 249 cm³/mol. The zero-order valence-electron chi connectivity index (χ0n) is 32.1. The molecule has 0 aliphatic rings. The van der Waals surface area contributed by atoms with Gasteiger partial charge in [0.25, 0.3) is 0 Å². The first-order valence-electron chi connectivity index (χ1n) is 20.2. The van der Waals surface area contributed by atoms with Crippen LogP contribution in [0.2, 0.25) is 0 Å². The van der Waals surface area contributed by atoms with Crippen LogP contribution in [0.15, 0.2) is 223 Å². The van der Waals surface area contributed by atoms with Crippen molar-refractivity contribution >= 4 is 82.4 Å². The Morgan fingerprint density at radius 1 is 0.339 bits per heavy atom. The second-order valence-electron chi connectivity index (χ2n) is 15.3. The largest absolute Gasteiger partial charge is 0.456 e. The zero-order valence-corrected chi connectivity index (χ0v) is 32.1. The lowest BCUT2D eigenvalue weighted by Crippen LogP contribution is -2.10. The fourth-order valence-corrected chi connectivity index (χ4v) is 9.16. The first-order valence-corrected chi connectivity index (χ1v) is 20.2. The van der Waals surface area contributed by atoms with Crippen molar-refractivity contribution in [2.75, 3.05) is 4.90 Å². The van der Waals surface area contributed by atoms with Gasteiger partial charge in [-0.2, -0.15) is 0 Å². The molecule has 3 nitrogen and oxygen atoms in total. The number of hydrogen-bond acceptors (Lipinski definition) is 2. The molecule has 0 aliphatic carbocycles. The van der Waals surface area contributed by atoms with Crippen LogP contribution < -0.4 is 4.90 Å². The summed E-state index contributed by atoms with van der Waals surface area (Å²) in [6.45, 7) is 0. The van der Waals surface area contributed by atoms with Crippen molar-refractivity contribution in [3.05, 3.63) is 218 Å². The third kappa shape index (κ3) is 5.44. The van der Waals surface area contributed by atoms with Crippen LogP contribution in [0.1, 0.15) is 0 Å². The highest BCUT2D eigenvalue weighted by atomic mass is 16.3. The van der Waals surface area contributed by atoms with Gasteiger partial charge in [0.15, 0.2) is 0 Å². The number of benzene rings is 10. The van der Waals surface area contributed by atoms with Gasteiger partial charge in [0.2, 0.25) is 0 Å². The predicted octanol–water partition coefficient (Wildman–Crippen LogP) is 15.8. The molecule has 0 atom stereocenters. The summed E-state index contributed by atoms with van der Waals surface area (Å²) in [5, 5.41) is 9.57. The Labute approximate surface area is 341 Å². The molecule has 0 radical (unpaired) electrons. The van der Waals surface area contributed by atoms with E-state index in [1.807, 2.05) is 6.07 Å². The molecule has 0 aliphatic heterocycles.